The fourth-order valence-electron chi connectivity index (χ4n) is 1.89. The van der Waals surface area contributed by atoms with Gasteiger partial charge >= 0.3 is 5.97 Å². The van der Waals surface area contributed by atoms with E-state index in [2.05, 4.69) is 0 Å². The van der Waals surface area contributed by atoms with Gasteiger partial charge in [-0.15, -0.1) is 0 Å². The first-order valence-corrected chi connectivity index (χ1v) is 6.02. The highest BCUT2D eigenvalue weighted by atomic mass is 35.5. The van der Waals surface area contributed by atoms with Gasteiger partial charge in [-0.3, -0.25) is 0 Å². The van der Waals surface area contributed by atoms with E-state index in [0.717, 1.165) is 10.9 Å². The molecule has 1 aromatic heterocycles. The lowest BCUT2D eigenvalue weighted by molar-refractivity contribution is -0.153. The first-order valence-electron chi connectivity index (χ1n) is 5.64. The minimum absolute atomic E-state index is 0.223. The van der Waals surface area contributed by atoms with Crippen molar-refractivity contribution in [3.8, 4) is 0 Å². The molecule has 5 heteroatoms. The molecule has 0 spiro atoms. The topological polar surface area (TPSA) is 51.5 Å². The Morgan fingerprint density at radius 3 is 2.89 bits per heavy atom. The van der Waals surface area contributed by atoms with E-state index in [1.165, 1.54) is 0 Å². The minimum atomic E-state index is -1.35. The number of benzene rings is 1. The molecule has 2 aromatic rings. The molecule has 1 N–H and O–H groups in total. The number of ether oxygens (including phenoxy) is 1. The number of fused-ring (bicyclic) bond motifs is 1. The zero-order chi connectivity index (χ0) is 13.3. The van der Waals surface area contributed by atoms with Gasteiger partial charge in [0.05, 0.1) is 11.6 Å². The monoisotopic (exact) mass is 267 g/mol. The summed E-state index contributed by atoms with van der Waals surface area (Å²) in [7, 11) is 1.90. The molecule has 2 rings (SSSR count). The molecular formula is C13H14ClNO3. The van der Waals surface area contributed by atoms with E-state index in [0.29, 0.717) is 10.6 Å². The van der Waals surface area contributed by atoms with Crippen LogP contribution in [0.25, 0.3) is 10.9 Å². The number of carbonyl (C=O) groups excluding carboxylic acids is 1. The van der Waals surface area contributed by atoms with Crippen LogP contribution in [-0.2, 0) is 16.6 Å². The van der Waals surface area contributed by atoms with E-state index in [4.69, 9.17) is 16.3 Å². The number of aliphatic hydroxyl groups is 1. The van der Waals surface area contributed by atoms with Gasteiger partial charge in [-0.1, -0.05) is 17.7 Å². The van der Waals surface area contributed by atoms with Gasteiger partial charge < -0.3 is 14.4 Å². The van der Waals surface area contributed by atoms with Crippen LogP contribution < -0.4 is 0 Å². The van der Waals surface area contributed by atoms with Gasteiger partial charge in [-0.25, -0.2) is 4.79 Å². The zero-order valence-electron chi connectivity index (χ0n) is 10.2. The number of esters is 1. The molecule has 0 aliphatic heterocycles. The van der Waals surface area contributed by atoms with Crippen molar-refractivity contribution in [3.63, 3.8) is 0 Å². The molecular weight excluding hydrogens is 254 g/mol. The Balaban J connectivity index is 2.46. The van der Waals surface area contributed by atoms with E-state index in [1.807, 2.05) is 29.9 Å². The number of carbonyl (C=O) groups is 1. The lowest BCUT2D eigenvalue weighted by atomic mass is 10.1. The predicted molar refractivity (Wildman–Crippen MR) is 69.5 cm³/mol. The van der Waals surface area contributed by atoms with Crippen molar-refractivity contribution in [3.05, 3.63) is 35.0 Å². The Labute approximate surface area is 110 Å². The van der Waals surface area contributed by atoms with Crippen LogP contribution >= 0.6 is 11.6 Å². The van der Waals surface area contributed by atoms with Crippen LogP contribution in [0.4, 0.5) is 0 Å². The average molecular weight is 268 g/mol. The van der Waals surface area contributed by atoms with Crippen LogP contribution in [0.15, 0.2) is 24.4 Å². The van der Waals surface area contributed by atoms with Crippen molar-refractivity contribution in [1.82, 2.24) is 4.57 Å². The molecule has 4 nitrogen and oxygen atoms in total. The molecule has 0 aliphatic carbocycles. The van der Waals surface area contributed by atoms with Gasteiger partial charge in [-0.05, 0) is 19.1 Å². The number of rotatable bonds is 3. The van der Waals surface area contributed by atoms with Crippen LogP contribution in [0, 0.1) is 0 Å². The maximum atomic E-state index is 11.5. The number of aromatic nitrogens is 1. The SMILES string of the molecule is CCOC(=O)C(O)c1ccc2c(ccn2C)c1Cl. The number of aryl methyl sites for hydroxylation is 1. The third-order valence-corrected chi connectivity index (χ3v) is 3.26. The van der Waals surface area contributed by atoms with Crippen molar-refractivity contribution in [2.24, 2.45) is 7.05 Å². The zero-order valence-corrected chi connectivity index (χ0v) is 10.9. The summed E-state index contributed by atoms with van der Waals surface area (Å²) in [6, 6.07) is 5.31. The summed E-state index contributed by atoms with van der Waals surface area (Å²) in [5.41, 5.74) is 1.31. The molecule has 1 atom stereocenters. The Morgan fingerprint density at radius 2 is 2.22 bits per heavy atom. The second-order valence-corrected chi connectivity index (χ2v) is 4.36. The summed E-state index contributed by atoms with van der Waals surface area (Å²) < 4.78 is 6.70. The van der Waals surface area contributed by atoms with Crippen LogP contribution in [0.3, 0.4) is 0 Å². The van der Waals surface area contributed by atoms with Gasteiger partial charge in [0, 0.05) is 29.7 Å². The third-order valence-electron chi connectivity index (χ3n) is 2.84. The summed E-state index contributed by atoms with van der Waals surface area (Å²) in [6.07, 6.45) is 0.527. The van der Waals surface area contributed by atoms with Crippen LogP contribution in [0.1, 0.15) is 18.6 Å². The largest absolute Gasteiger partial charge is 0.464 e. The van der Waals surface area contributed by atoms with E-state index in [-0.39, 0.29) is 6.61 Å². The molecule has 18 heavy (non-hydrogen) atoms. The Morgan fingerprint density at radius 1 is 1.50 bits per heavy atom. The summed E-state index contributed by atoms with van der Waals surface area (Å²) in [5.74, 6) is -0.685. The Kier molecular flexibility index (Phi) is 3.59. The maximum absolute atomic E-state index is 11.5. The first-order chi connectivity index (χ1) is 8.56. The van der Waals surface area contributed by atoms with Crippen molar-refractivity contribution in [2.45, 2.75) is 13.0 Å². The third kappa shape index (κ3) is 2.09. The van der Waals surface area contributed by atoms with Crippen LogP contribution in [-0.4, -0.2) is 22.2 Å². The molecule has 0 aliphatic rings. The Hall–Kier alpha value is -1.52. The highest BCUT2D eigenvalue weighted by Crippen LogP contribution is 2.32. The van der Waals surface area contributed by atoms with E-state index in [9.17, 15) is 9.90 Å². The molecule has 0 bridgehead atoms. The summed E-state index contributed by atoms with van der Waals surface area (Å²) >= 11 is 6.21. The lowest BCUT2D eigenvalue weighted by Crippen LogP contribution is -2.15. The van der Waals surface area contributed by atoms with Crippen molar-refractivity contribution in [2.75, 3.05) is 6.61 Å². The van der Waals surface area contributed by atoms with E-state index < -0.39 is 12.1 Å². The summed E-state index contributed by atoms with van der Waals surface area (Å²) in [4.78, 5) is 11.5. The highest BCUT2D eigenvalue weighted by Gasteiger charge is 2.22. The quantitative estimate of drug-likeness (QED) is 0.869. The average Bonchev–Trinajstić information content (AvgIpc) is 2.72. The molecule has 1 aromatic carbocycles. The fraction of sp³-hybridized carbons (Fsp3) is 0.308. The van der Waals surface area contributed by atoms with Gasteiger partial charge in [0.15, 0.2) is 6.10 Å². The predicted octanol–water partition coefficient (Wildman–Crippen LogP) is 2.43. The first kappa shape index (κ1) is 12.9. The fourth-order valence-corrected chi connectivity index (χ4v) is 2.22. The van der Waals surface area contributed by atoms with Crippen molar-refractivity contribution >= 4 is 28.5 Å². The standard InChI is InChI=1S/C13H14ClNO3/c1-3-18-13(17)12(16)9-4-5-10-8(11(9)14)6-7-15(10)2/h4-7,12,16H,3H2,1-2H3. The Bertz CT molecular complexity index is 591. The smallest absolute Gasteiger partial charge is 0.339 e. The maximum Gasteiger partial charge on any atom is 0.339 e. The highest BCUT2D eigenvalue weighted by molar-refractivity contribution is 6.36. The van der Waals surface area contributed by atoms with Crippen molar-refractivity contribution < 1.29 is 14.6 Å². The molecule has 0 amide bonds. The van der Waals surface area contributed by atoms with E-state index >= 15 is 0 Å². The molecule has 0 radical (unpaired) electrons. The summed E-state index contributed by atoms with van der Waals surface area (Å²) in [5, 5.41) is 11.1. The normalized spacial score (nSPS) is 12.7. The second-order valence-electron chi connectivity index (χ2n) is 3.98. The number of nitrogens with zero attached hydrogens (tertiary/aromatic N) is 1. The van der Waals surface area contributed by atoms with E-state index in [1.54, 1.807) is 13.0 Å². The number of hydrogen-bond acceptors (Lipinski definition) is 3. The summed E-state index contributed by atoms with van der Waals surface area (Å²) in [6.45, 7) is 1.91. The number of aliphatic hydroxyl groups excluding tert-OH is 1. The van der Waals surface area contributed by atoms with Crippen LogP contribution in [0.2, 0.25) is 5.02 Å². The van der Waals surface area contributed by atoms with Gasteiger partial charge in [-0.2, -0.15) is 0 Å². The number of halogens is 1. The molecule has 1 heterocycles. The molecule has 96 valence electrons. The minimum Gasteiger partial charge on any atom is -0.464 e. The number of hydrogen-bond donors (Lipinski definition) is 1. The molecule has 1 unspecified atom stereocenters. The second kappa shape index (κ2) is 5.00. The van der Waals surface area contributed by atoms with Gasteiger partial charge in [0.1, 0.15) is 0 Å². The van der Waals surface area contributed by atoms with Crippen molar-refractivity contribution in [1.29, 1.82) is 0 Å². The van der Waals surface area contributed by atoms with Crippen LogP contribution in [0.5, 0.6) is 0 Å². The molecule has 0 saturated carbocycles. The van der Waals surface area contributed by atoms with Gasteiger partial charge in [0.25, 0.3) is 0 Å². The molecule has 0 fully saturated rings. The van der Waals surface area contributed by atoms with Gasteiger partial charge in [0.2, 0.25) is 0 Å². The molecule has 0 saturated heterocycles. The lowest BCUT2D eigenvalue weighted by Gasteiger charge is -2.12.